The molecule has 3 rings (SSSR count). The number of esters is 2. The van der Waals surface area contributed by atoms with Crippen molar-refractivity contribution >= 4 is 22.8 Å². The summed E-state index contributed by atoms with van der Waals surface area (Å²) >= 11 is 0. The molecule has 0 saturated carbocycles. The van der Waals surface area contributed by atoms with E-state index >= 15 is 0 Å². The van der Waals surface area contributed by atoms with Crippen LogP contribution in [0, 0.1) is 0 Å². The molecule has 0 amide bonds. The highest BCUT2D eigenvalue weighted by molar-refractivity contribution is 5.98. The van der Waals surface area contributed by atoms with Crippen molar-refractivity contribution in [3.05, 3.63) is 71.4 Å². The minimum Gasteiger partial charge on any atom is -0.467 e. The monoisotopic (exact) mass is 367 g/mol. The van der Waals surface area contributed by atoms with Crippen molar-refractivity contribution in [3.63, 3.8) is 0 Å². The topological polar surface area (TPSA) is 77.6 Å². The first-order valence-corrected chi connectivity index (χ1v) is 8.55. The van der Waals surface area contributed by atoms with Gasteiger partial charge in [-0.3, -0.25) is 0 Å². The van der Waals surface area contributed by atoms with Crippen LogP contribution in [0.3, 0.4) is 0 Å². The molecule has 0 saturated heterocycles. The Morgan fingerprint density at radius 1 is 0.963 bits per heavy atom. The molecular weight excluding hydrogens is 346 g/mol. The molecule has 1 heterocycles. The number of carbonyl (C=O) groups is 2. The van der Waals surface area contributed by atoms with Crippen LogP contribution in [-0.4, -0.2) is 37.2 Å². The molecule has 0 aliphatic carbocycles. The summed E-state index contributed by atoms with van der Waals surface area (Å²) in [6.07, 6.45) is -0.661. The zero-order chi connectivity index (χ0) is 19.2. The Morgan fingerprint density at radius 2 is 1.67 bits per heavy atom. The van der Waals surface area contributed by atoms with E-state index in [1.807, 2.05) is 54.6 Å². The van der Waals surface area contributed by atoms with Crippen LogP contribution in [0.15, 0.2) is 54.6 Å². The lowest BCUT2D eigenvalue weighted by Crippen LogP contribution is -2.28. The fourth-order valence-corrected chi connectivity index (χ4v) is 2.99. The fraction of sp³-hybridized carbons (Fsp3) is 0.238. The van der Waals surface area contributed by atoms with Gasteiger partial charge in [0.25, 0.3) is 0 Å². The van der Waals surface area contributed by atoms with E-state index < -0.39 is 18.0 Å². The van der Waals surface area contributed by atoms with Gasteiger partial charge in [-0.25, -0.2) is 9.59 Å². The Labute approximate surface area is 157 Å². The highest BCUT2D eigenvalue weighted by Crippen LogP contribution is 2.25. The first-order chi connectivity index (χ1) is 13.1. The molecule has 0 bridgehead atoms. The lowest BCUT2D eigenvalue weighted by atomic mass is 10.0. The molecule has 0 radical (unpaired) electrons. The summed E-state index contributed by atoms with van der Waals surface area (Å²) in [5.74, 6) is -0.986. The van der Waals surface area contributed by atoms with E-state index in [0.29, 0.717) is 11.3 Å². The third kappa shape index (κ3) is 4.17. The molecule has 3 aromatic rings. The Balaban J connectivity index is 1.91. The van der Waals surface area contributed by atoms with E-state index in [9.17, 15) is 9.59 Å². The van der Waals surface area contributed by atoms with Crippen LogP contribution < -0.4 is 0 Å². The molecule has 2 aromatic carbocycles. The summed E-state index contributed by atoms with van der Waals surface area (Å²) in [6, 6.07) is 17.0. The van der Waals surface area contributed by atoms with Gasteiger partial charge in [0.15, 0.2) is 6.10 Å². The molecule has 1 aromatic heterocycles. The number of benzene rings is 2. The van der Waals surface area contributed by atoms with E-state index in [4.69, 9.17) is 14.2 Å². The minimum absolute atomic E-state index is 0.188. The maximum Gasteiger partial charge on any atom is 0.354 e. The van der Waals surface area contributed by atoms with Crippen LogP contribution in [0.1, 0.15) is 21.6 Å². The second-order valence-corrected chi connectivity index (χ2v) is 6.03. The summed E-state index contributed by atoms with van der Waals surface area (Å²) in [7, 11) is 2.64. The van der Waals surface area contributed by atoms with Crippen molar-refractivity contribution in [3.8, 4) is 0 Å². The number of carbonyl (C=O) groups excluding carboxylic acids is 2. The average Bonchev–Trinajstić information content (AvgIpc) is 3.09. The van der Waals surface area contributed by atoms with Crippen LogP contribution in [0.4, 0.5) is 0 Å². The number of ether oxygens (including phenoxy) is 3. The summed E-state index contributed by atoms with van der Waals surface area (Å²) < 4.78 is 15.6. The molecule has 0 spiro atoms. The predicted octanol–water partition coefficient (Wildman–Crippen LogP) is 3.26. The Bertz CT molecular complexity index is 932. The van der Waals surface area contributed by atoms with Crippen LogP contribution in [0.2, 0.25) is 0 Å². The Hall–Kier alpha value is -3.12. The smallest absolute Gasteiger partial charge is 0.354 e. The number of hydrogen-bond acceptors (Lipinski definition) is 5. The number of aromatic amines is 1. The Morgan fingerprint density at radius 3 is 2.37 bits per heavy atom. The van der Waals surface area contributed by atoms with Gasteiger partial charge < -0.3 is 19.2 Å². The molecule has 1 atom stereocenters. The number of aromatic nitrogens is 1. The number of hydrogen-bond donors (Lipinski definition) is 1. The van der Waals surface area contributed by atoms with E-state index in [-0.39, 0.29) is 13.0 Å². The first kappa shape index (κ1) is 18.7. The minimum atomic E-state index is -0.849. The molecule has 1 unspecified atom stereocenters. The summed E-state index contributed by atoms with van der Waals surface area (Å²) in [5.41, 5.74) is 2.72. The number of rotatable bonds is 7. The van der Waals surface area contributed by atoms with Gasteiger partial charge in [0.05, 0.1) is 20.8 Å². The number of para-hydroxylation sites is 1. The van der Waals surface area contributed by atoms with Crippen molar-refractivity contribution in [2.24, 2.45) is 0 Å². The molecule has 1 N–H and O–H groups in total. The van der Waals surface area contributed by atoms with Gasteiger partial charge in [-0.1, -0.05) is 48.5 Å². The highest BCUT2D eigenvalue weighted by atomic mass is 16.6. The van der Waals surface area contributed by atoms with E-state index in [1.54, 1.807) is 0 Å². The molecule has 27 heavy (non-hydrogen) atoms. The highest BCUT2D eigenvalue weighted by Gasteiger charge is 2.26. The number of fused-ring (bicyclic) bond motifs is 1. The van der Waals surface area contributed by atoms with Gasteiger partial charge in [-0.15, -0.1) is 0 Å². The maximum absolute atomic E-state index is 12.3. The predicted molar refractivity (Wildman–Crippen MR) is 100 cm³/mol. The third-order valence-corrected chi connectivity index (χ3v) is 4.35. The van der Waals surface area contributed by atoms with E-state index in [1.165, 1.54) is 14.2 Å². The summed E-state index contributed by atoms with van der Waals surface area (Å²) in [6.45, 7) is 0.260. The van der Waals surface area contributed by atoms with Gasteiger partial charge in [0, 0.05) is 17.3 Å². The van der Waals surface area contributed by atoms with Crippen molar-refractivity contribution in [2.75, 3.05) is 14.2 Å². The lowest BCUT2D eigenvalue weighted by molar-refractivity contribution is -0.154. The molecule has 140 valence electrons. The molecule has 0 fully saturated rings. The molecule has 6 nitrogen and oxygen atoms in total. The van der Waals surface area contributed by atoms with Crippen LogP contribution in [0.5, 0.6) is 0 Å². The normalized spacial score (nSPS) is 11.9. The number of H-pyrrole nitrogens is 1. The fourth-order valence-electron chi connectivity index (χ4n) is 2.99. The second-order valence-electron chi connectivity index (χ2n) is 6.03. The summed E-state index contributed by atoms with van der Waals surface area (Å²) in [5, 5.41) is 0.843. The zero-order valence-corrected chi connectivity index (χ0v) is 15.2. The average molecular weight is 367 g/mol. The second kappa shape index (κ2) is 8.51. The number of nitrogens with one attached hydrogen (secondary N) is 1. The van der Waals surface area contributed by atoms with Crippen LogP contribution in [0.25, 0.3) is 10.9 Å². The summed E-state index contributed by atoms with van der Waals surface area (Å²) in [4.78, 5) is 27.5. The van der Waals surface area contributed by atoms with Crippen LogP contribution >= 0.6 is 0 Å². The van der Waals surface area contributed by atoms with Gasteiger partial charge >= 0.3 is 11.9 Å². The van der Waals surface area contributed by atoms with E-state index in [2.05, 4.69) is 4.98 Å². The maximum atomic E-state index is 12.3. The first-order valence-electron chi connectivity index (χ1n) is 8.55. The third-order valence-electron chi connectivity index (χ3n) is 4.35. The standard InChI is InChI=1S/C21H21NO5/c1-25-20(23)18(27-13-14-8-4-3-5-9-14)12-16-15-10-6-7-11-17(15)22-19(16)21(24)26-2/h3-11,18,22H,12-13H2,1-2H3. The van der Waals surface area contributed by atoms with Crippen molar-refractivity contribution in [1.82, 2.24) is 4.98 Å². The van der Waals surface area contributed by atoms with Gasteiger partial charge in [0.1, 0.15) is 5.69 Å². The molecule has 0 aliphatic heterocycles. The molecule has 6 heteroatoms. The zero-order valence-electron chi connectivity index (χ0n) is 15.2. The van der Waals surface area contributed by atoms with E-state index in [0.717, 1.165) is 16.5 Å². The van der Waals surface area contributed by atoms with Crippen molar-refractivity contribution in [1.29, 1.82) is 0 Å². The van der Waals surface area contributed by atoms with Gasteiger partial charge in [-0.2, -0.15) is 0 Å². The molecular formula is C21H21NO5. The largest absolute Gasteiger partial charge is 0.467 e. The Kier molecular flexibility index (Phi) is 5.88. The van der Waals surface area contributed by atoms with Gasteiger partial charge in [0.2, 0.25) is 0 Å². The van der Waals surface area contributed by atoms with Crippen molar-refractivity contribution < 1.29 is 23.8 Å². The quantitative estimate of drug-likeness (QED) is 0.649. The molecule has 0 aliphatic rings. The SMILES string of the molecule is COC(=O)c1[nH]c2ccccc2c1CC(OCc1ccccc1)C(=O)OC. The van der Waals surface area contributed by atoms with Gasteiger partial charge in [-0.05, 0) is 17.2 Å². The van der Waals surface area contributed by atoms with Crippen LogP contribution in [-0.2, 0) is 32.0 Å². The lowest BCUT2D eigenvalue weighted by Gasteiger charge is -2.16. The van der Waals surface area contributed by atoms with Crippen molar-refractivity contribution in [2.45, 2.75) is 19.1 Å². The number of methoxy groups -OCH3 is 2.